The predicted molar refractivity (Wildman–Crippen MR) is 63.9 cm³/mol. The molecule has 1 amide bonds. The molecule has 0 radical (unpaired) electrons. The molecule has 0 atom stereocenters. The zero-order chi connectivity index (χ0) is 12.3. The van der Waals surface area contributed by atoms with Crippen LogP contribution in [-0.4, -0.2) is 23.5 Å². The van der Waals surface area contributed by atoms with Crippen molar-refractivity contribution in [2.24, 2.45) is 0 Å². The number of hydrogen-bond donors (Lipinski definition) is 1. The van der Waals surface area contributed by atoms with Gasteiger partial charge in [0.1, 0.15) is 0 Å². The van der Waals surface area contributed by atoms with Gasteiger partial charge in [-0.25, -0.2) is 4.79 Å². The molecule has 4 heteroatoms. The van der Waals surface area contributed by atoms with E-state index < -0.39 is 5.97 Å². The number of carbonyl (C=O) groups is 2. The summed E-state index contributed by atoms with van der Waals surface area (Å²) in [5, 5.41) is 8.50. The van der Waals surface area contributed by atoms with Crippen LogP contribution in [0.5, 0.6) is 0 Å². The summed E-state index contributed by atoms with van der Waals surface area (Å²) in [7, 11) is 0. The highest BCUT2D eigenvalue weighted by molar-refractivity contribution is 6.04. The fourth-order valence-corrected chi connectivity index (χ4v) is 2.00. The number of benzene rings is 1. The monoisotopic (exact) mass is 231 g/mol. The Balaban J connectivity index is 2.24. The second-order valence-corrected chi connectivity index (χ2v) is 3.89. The van der Waals surface area contributed by atoms with Crippen molar-refractivity contribution in [2.75, 3.05) is 11.4 Å². The number of fused-ring (bicyclic) bond motifs is 1. The van der Waals surface area contributed by atoms with Crippen LogP contribution in [0.1, 0.15) is 12.0 Å². The zero-order valence-electron chi connectivity index (χ0n) is 9.30. The molecule has 0 unspecified atom stereocenters. The first kappa shape index (κ1) is 11.4. The van der Waals surface area contributed by atoms with Crippen molar-refractivity contribution in [1.82, 2.24) is 0 Å². The summed E-state index contributed by atoms with van der Waals surface area (Å²) >= 11 is 0. The summed E-state index contributed by atoms with van der Waals surface area (Å²) in [6.07, 6.45) is 3.84. The number of rotatable bonds is 2. The second kappa shape index (κ2) is 4.82. The first-order valence-corrected chi connectivity index (χ1v) is 5.49. The van der Waals surface area contributed by atoms with Gasteiger partial charge in [-0.15, -0.1) is 0 Å². The third kappa shape index (κ3) is 2.53. The highest BCUT2D eigenvalue weighted by atomic mass is 16.4. The van der Waals surface area contributed by atoms with E-state index in [9.17, 15) is 9.59 Å². The van der Waals surface area contributed by atoms with E-state index in [0.29, 0.717) is 6.54 Å². The van der Waals surface area contributed by atoms with Crippen molar-refractivity contribution >= 4 is 17.6 Å². The molecule has 2 rings (SSSR count). The van der Waals surface area contributed by atoms with Gasteiger partial charge >= 0.3 is 5.97 Å². The van der Waals surface area contributed by atoms with Crippen LogP contribution in [0.15, 0.2) is 36.4 Å². The van der Waals surface area contributed by atoms with Gasteiger partial charge < -0.3 is 10.0 Å². The highest BCUT2D eigenvalue weighted by Gasteiger charge is 2.20. The lowest BCUT2D eigenvalue weighted by molar-refractivity contribution is -0.131. The Kier molecular flexibility index (Phi) is 3.23. The van der Waals surface area contributed by atoms with Crippen LogP contribution < -0.4 is 4.90 Å². The normalized spacial score (nSPS) is 14.7. The Morgan fingerprint density at radius 2 is 2.00 bits per heavy atom. The molecule has 1 aliphatic heterocycles. The maximum absolute atomic E-state index is 11.8. The van der Waals surface area contributed by atoms with Crippen LogP contribution in [0.2, 0.25) is 0 Å². The van der Waals surface area contributed by atoms with Crippen molar-refractivity contribution in [1.29, 1.82) is 0 Å². The second-order valence-electron chi connectivity index (χ2n) is 3.89. The molecule has 4 nitrogen and oxygen atoms in total. The molecule has 17 heavy (non-hydrogen) atoms. The van der Waals surface area contributed by atoms with Gasteiger partial charge in [-0.3, -0.25) is 4.79 Å². The molecule has 1 heterocycles. The number of para-hydroxylation sites is 1. The van der Waals surface area contributed by atoms with Crippen molar-refractivity contribution in [2.45, 2.75) is 12.8 Å². The molecule has 1 aliphatic rings. The number of carboxylic acids is 1. The minimum atomic E-state index is -1.11. The van der Waals surface area contributed by atoms with Crippen molar-refractivity contribution in [3.63, 3.8) is 0 Å². The van der Waals surface area contributed by atoms with Gasteiger partial charge in [0.15, 0.2) is 0 Å². The number of carbonyl (C=O) groups excluding carboxylic acids is 1. The van der Waals surface area contributed by atoms with E-state index in [2.05, 4.69) is 0 Å². The molecule has 0 aromatic heterocycles. The van der Waals surface area contributed by atoms with Crippen molar-refractivity contribution in [3.05, 3.63) is 42.0 Å². The summed E-state index contributed by atoms with van der Waals surface area (Å²) in [6, 6.07) is 7.71. The van der Waals surface area contributed by atoms with Crippen LogP contribution in [0.25, 0.3) is 0 Å². The van der Waals surface area contributed by atoms with Gasteiger partial charge in [0.2, 0.25) is 0 Å². The number of hydrogen-bond acceptors (Lipinski definition) is 2. The Hall–Kier alpha value is -2.10. The molecule has 1 aromatic carbocycles. The first-order chi connectivity index (χ1) is 8.18. The van der Waals surface area contributed by atoms with Gasteiger partial charge in [-0.1, -0.05) is 18.2 Å². The van der Waals surface area contributed by atoms with Crippen LogP contribution >= 0.6 is 0 Å². The van der Waals surface area contributed by atoms with E-state index in [4.69, 9.17) is 5.11 Å². The zero-order valence-corrected chi connectivity index (χ0v) is 9.30. The fourth-order valence-electron chi connectivity index (χ4n) is 2.00. The molecule has 1 N–H and O–H groups in total. The number of aliphatic carboxylic acids is 1. The van der Waals surface area contributed by atoms with E-state index in [1.54, 1.807) is 4.90 Å². The van der Waals surface area contributed by atoms with Crippen LogP contribution in [-0.2, 0) is 16.0 Å². The summed E-state index contributed by atoms with van der Waals surface area (Å²) in [5.41, 5.74) is 2.02. The largest absolute Gasteiger partial charge is 0.478 e. The van der Waals surface area contributed by atoms with Gasteiger partial charge in [0.05, 0.1) is 0 Å². The molecule has 0 fully saturated rings. The van der Waals surface area contributed by atoms with E-state index in [1.807, 2.05) is 24.3 Å². The summed E-state index contributed by atoms with van der Waals surface area (Å²) in [5.74, 6) is -1.39. The molecule has 0 aliphatic carbocycles. The quantitative estimate of drug-likeness (QED) is 0.786. The summed E-state index contributed by atoms with van der Waals surface area (Å²) in [4.78, 5) is 23.8. The first-order valence-electron chi connectivity index (χ1n) is 5.49. The molecular formula is C13H13NO3. The number of carboxylic acid groups (broad SMARTS) is 1. The maximum Gasteiger partial charge on any atom is 0.328 e. The topological polar surface area (TPSA) is 57.6 Å². The summed E-state index contributed by atoms with van der Waals surface area (Å²) < 4.78 is 0. The summed E-state index contributed by atoms with van der Waals surface area (Å²) in [6.45, 7) is 0.639. The number of aryl methyl sites for hydroxylation is 1. The Labute approximate surface area is 99.2 Å². The average molecular weight is 231 g/mol. The van der Waals surface area contributed by atoms with Gasteiger partial charge in [0, 0.05) is 24.4 Å². The Bertz CT molecular complexity index is 479. The van der Waals surface area contributed by atoms with Gasteiger partial charge in [0.25, 0.3) is 5.91 Å². The molecule has 1 aromatic rings. The molecular weight excluding hydrogens is 218 g/mol. The van der Waals surface area contributed by atoms with E-state index >= 15 is 0 Å². The highest BCUT2D eigenvalue weighted by Crippen LogP contribution is 2.26. The van der Waals surface area contributed by atoms with E-state index in [1.165, 1.54) is 0 Å². The molecule has 0 bridgehead atoms. The fraction of sp³-hybridized carbons (Fsp3) is 0.231. The number of nitrogens with zero attached hydrogens (tertiary/aromatic N) is 1. The van der Waals surface area contributed by atoms with Gasteiger partial charge in [-0.2, -0.15) is 0 Å². The lowest BCUT2D eigenvalue weighted by Crippen LogP contribution is -2.34. The third-order valence-corrected chi connectivity index (χ3v) is 2.74. The third-order valence-electron chi connectivity index (χ3n) is 2.74. The van der Waals surface area contributed by atoms with Crippen LogP contribution in [0.4, 0.5) is 5.69 Å². The van der Waals surface area contributed by atoms with Crippen molar-refractivity contribution in [3.8, 4) is 0 Å². The number of amides is 1. The lowest BCUT2D eigenvalue weighted by Gasteiger charge is -2.28. The van der Waals surface area contributed by atoms with Crippen LogP contribution in [0.3, 0.4) is 0 Å². The SMILES string of the molecule is O=C(O)C=CC(=O)N1CCCc2ccccc21. The van der Waals surface area contributed by atoms with Crippen molar-refractivity contribution < 1.29 is 14.7 Å². The Morgan fingerprint density at radius 3 is 2.76 bits per heavy atom. The minimum absolute atomic E-state index is 0.278. The predicted octanol–water partition coefficient (Wildman–Crippen LogP) is 1.61. The Morgan fingerprint density at radius 1 is 1.24 bits per heavy atom. The smallest absolute Gasteiger partial charge is 0.328 e. The molecule has 0 saturated heterocycles. The standard InChI is InChI=1S/C13H13NO3/c15-12(7-8-13(16)17)14-9-3-5-10-4-1-2-6-11(10)14/h1-2,4,6-8H,3,5,9H2,(H,16,17). The minimum Gasteiger partial charge on any atom is -0.478 e. The van der Waals surface area contributed by atoms with Crippen LogP contribution in [0, 0.1) is 0 Å². The lowest BCUT2D eigenvalue weighted by atomic mass is 10.0. The average Bonchev–Trinajstić information content (AvgIpc) is 2.35. The van der Waals surface area contributed by atoms with E-state index in [-0.39, 0.29) is 5.91 Å². The number of anilines is 1. The van der Waals surface area contributed by atoms with E-state index in [0.717, 1.165) is 36.2 Å². The van der Waals surface area contributed by atoms with Gasteiger partial charge in [-0.05, 0) is 24.5 Å². The molecule has 0 spiro atoms. The molecule has 88 valence electrons. The molecule has 0 saturated carbocycles. The maximum atomic E-state index is 11.8.